The lowest BCUT2D eigenvalue weighted by Gasteiger charge is -2.31. The number of anilines is 1. The molecule has 2 atom stereocenters. The average molecular weight is 501 g/mol. The highest BCUT2D eigenvalue weighted by Gasteiger charge is 2.30. The SMILES string of the molecule is O=C(Nc1ccc(C2CCNC(c3ccccc3)C2)cc1)c1ccccc1-c1ccc(C(F)(F)F)cc1. The van der Waals surface area contributed by atoms with Gasteiger partial charge in [0.25, 0.3) is 5.91 Å². The maximum atomic E-state index is 13.1. The number of halogens is 3. The number of benzene rings is 4. The van der Waals surface area contributed by atoms with Crippen molar-refractivity contribution in [1.29, 1.82) is 0 Å². The van der Waals surface area contributed by atoms with E-state index in [1.54, 1.807) is 24.3 Å². The summed E-state index contributed by atoms with van der Waals surface area (Å²) in [6.45, 7) is 0.948. The standard InChI is InChI=1S/C31H27F3N2O/c32-31(33,34)25-14-10-22(11-15-25)27-8-4-5-9-28(27)30(37)36-26-16-12-21(13-17-26)24-18-19-35-29(20-24)23-6-2-1-3-7-23/h1-17,24,29,35H,18-20H2,(H,36,37). The van der Waals surface area contributed by atoms with Gasteiger partial charge in [0.15, 0.2) is 0 Å². The van der Waals surface area contributed by atoms with Crippen molar-refractivity contribution in [2.75, 3.05) is 11.9 Å². The lowest BCUT2D eigenvalue weighted by Crippen LogP contribution is -2.30. The van der Waals surface area contributed by atoms with Crippen LogP contribution >= 0.6 is 0 Å². The van der Waals surface area contributed by atoms with Gasteiger partial charge in [0.1, 0.15) is 0 Å². The third-order valence-corrected chi connectivity index (χ3v) is 6.94. The van der Waals surface area contributed by atoms with E-state index in [0.29, 0.717) is 34.3 Å². The molecule has 0 aliphatic carbocycles. The molecule has 1 amide bonds. The number of rotatable bonds is 5. The first-order chi connectivity index (χ1) is 17.9. The van der Waals surface area contributed by atoms with Crippen LogP contribution < -0.4 is 10.6 Å². The molecule has 0 radical (unpaired) electrons. The summed E-state index contributed by atoms with van der Waals surface area (Å²) in [6, 6.07) is 30.5. The fourth-order valence-electron chi connectivity index (χ4n) is 4.97. The van der Waals surface area contributed by atoms with Gasteiger partial charge in [-0.15, -0.1) is 0 Å². The highest BCUT2D eigenvalue weighted by Crippen LogP contribution is 2.35. The predicted octanol–water partition coefficient (Wildman–Crippen LogP) is 7.83. The number of piperidine rings is 1. The normalized spacial score (nSPS) is 17.8. The quantitative estimate of drug-likeness (QED) is 0.293. The van der Waals surface area contributed by atoms with E-state index in [4.69, 9.17) is 0 Å². The van der Waals surface area contributed by atoms with Crippen LogP contribution in [0.15, 0.2) is 103 Å². The molecular formula is C31H27F3N2O. The van der Waals surface area contributed by atoms with E-state index in [2.05, 4.69) is 47.0 Å². The third kappa shape index (κ3) is 5.75. The molecule has 5 rings (SSSR count). The summed E-state index contributed by atoms with van der Waals surface area (Å²) < 4.78 is 38.8. The molecule has 4 aromatic rings. The van der Waals surface area contributed by atoms with E-state index in [1.807, 2.05) is 18.2 Å². The van der Waals surface area contributed by atoms with Crippen molar-refractivity contribution >= 4 is 11.6 Å². The van der Waals surface area contributed by atoms with Crippen LogP contribution in [0.4, 0.5) is 18.9 Å². The molecule has 0 saturated carbocycles. The Morgan fingerprint density at radius 3 is 2.16 bits per heavy atom. The van der Waals surface area contributed by atoms with E-state index >= 15 is 0 Å². The number of hydrogen-bond acceptors (Lipinski definition) is 2. The second-order valence-electron chi connectivity index (χ2n) is 9.34. The Balaban J connectivity index is 1.29. The fourth-order valence-corrected chi connectivity index (χ4v) is 4.97. The van der Waals surface area contributed by atoms with Crippen LogP contribution in [0.5, 0.6) is 0 Å². The second kappa shape index (κ2) is 10.6. The molecule has 6 heteroatoms. The molecule has 1 fully saturated rings. The number of hydrogen-bond donors (Lipinski definition) is 2. The van der Waals surface area contributed by atoms with Crippen molar-refractivity contribution < 1.29 is 18.0 Å². The summed E-state index contributed by atoms with van der Waals surface area (Å²) in [5.41, 5.74) is 4.01. The van der Waals surface area contributed by atoms with Gasteiger partial charge >= 0.3 is 6.18 Å². The topological polar surface area (TPSA) is 41.1 Å². The first-order valence-electron chi connectivity index (χ1n) is 12.3. The van der Waals surface area contributed by atoms with Crippen LogP contribution in [0.1, 0.15) is 51.8 Å². The van der Waals surface area contributed by atoms with Gasteiger partial charge in [-0.2, -0.15) is 13.2 Å². The minimum Gasteiger partial charge on any atom is -0.322 e. The first-order valence-corrected chi connectivity index (χ1v) is 12.3. The van der Waals surface area contributed by atoms with Crippen LogP contribution in [0.25, 0.3) is 11.1 Å². The first kappa shape index (κ1) is 24.8. The summed E-state index contributed by atoms with van der Waals surface area (Å²) in [4.78, 5) is 13.1. The van der Waals surface area contributed by atoms with Gasteiger partial charge in [0, 0.05) is 17.3 Å². The van der Waals surface area contributed by atoms with Crippen molar-refractivity contribution in [1.82, 2.24) is 5.32 Å². The second-order valence-corrected chi connectivity index (χ2v) is 9.34. The Kier molecular flexibility index (Phi) is 7.10. The minimum atomic E-state index is -4.40. The monoisotopic (exact) mass is 500 g/mol. The molecule has 1 aliphatic heterocycles. The molecule has 1 heterocycles. The largest absolute Gasteiger partial charge is 0.416 e. The van der Waals surface area contributed by atoms with Crippen molar-refractivity contribution in [2.24, 2.45) is 0 Å². The zero-order valence-electron chi connectivity index (χ0n) is 20.1. The molecule has 37 heavy (non-hydrogen) atoms. The van der Waals surface area contributed by atoms with Crippen LogP contribution in [0, 0.1) is 0 Å². The van der Waals surface area contributed by atoms with Crippen LogP contribution in [0.3, 0.4) is 0 Å². The summed E-state index contributed by atoms with van der Waals surface area (Å²) in [7, 11) is 0. The number of carbonyl (C=O) groups excluding carboxylic acids is 1. The van der Waals surface area contributed by atoms with Crippen molar-refractivity contribution in [3.63, 3.8) is 0 Å². The van der Waals surface area contributed by atoms with Crippen LogP contribution in [-0.2, 0) is 6.18 Å². The van der Waals surface area contributed by atoms with Crippen molar-refractivity contribution in [3.8, 4) is 11.1 Å². The molecular weight excluding hydrogens is 473 g/mol. The summed E-state index contributed by atoms with van der Waals surface area (Å²) in [6.07, 6.45) is -2.34. The fraction of sp³-hybridized carbons (Fsp3) is 0.194. The van der Waals surface area contributed by atoms with Gasteiger partial charge in [0.2, 0.25) is 0 Å². The Hall–Kier alpha value is -3.90. The van der Waals surface area contributed by atoms with Gasteiger partial charge in [-0.1, -0.05) is 72.8 Å². The molecule has 188 valence electrons. The zero-order chi connectivity index (χ0) is 25.8. The summed E-state index contributed by atoms with van der Waals surface area (Å²) in [5.74, 6) is 0.117. The molecule has 2 N–H and O–H groups in total. The lowest BCUT2D eigenvalue weighted by molar-refractivity contribution is -0.137. The number of nitrogens with one attached hydrogen (secondary N) is 2. The molecule has 2 unspecified atom stereocenters. The van der Waals surface area contributed by atoms with Gasteiger partial charge in [-0.05, 0) is 77.9 Å². The van der Waals surface area contributed by atoms with Gasteiger partial charge in [-0.3, -0.25) is 4.79 Å². The van der Waals surface area contributed by atoms with E-state index < -0.39 is 11.7 Å². The number of amides is 1. The van der Waals surface area contributed by atoms with E-state index in [0.717, 1.165) is 31.5 Å². The highest BCUT2D eigenvalue weighted by molar-refractivity contribution is 6.08. The molecule has 0 aromatic heterocycles. The molecule has 0 spiro atoms. The number of alkyl halides is 3. The molecule has 1 aliphatic rings. The minimum absolute atomic E-state index is 0.311. The maximum absolute atomic E-state index is 13.1. The molecule has 0 bridgehead atoms. The average Bonchev–Trinajstić information content (AvgIpc) is 2.93. The molecule has 1 saturated heterocycles. The highest BCUT2D eigenvalue weighted by atomic mass is 19.4. The van der Waals surface area contributed by atoms with Gasteiger partial charge in [-0.25, -0.2) is 0 Å². The van der Waals surface area contributed by atoms with E-state index in [1.165, 1.54) is 23.3 Å². The number of carbonyl (C=O) groups is 1. The predicted molar refractivity (Wildman–Crippen MR) is 140 cm³/mol. The van der Waals surface area contributed by atoms with E-state index in [-0.39, 0.29) is 5.91 Å². The maximum Gasteiger partial charge on any atom is 0.416 e. The summed E-state index contributed by atoms with van der Waals surface area (Å²) in [5, 5.41) is 6.54. The Morgan fingerprint density at radius 1 is 0.784 bits per heavy atom. The Bertz CT molecular complexity index is 1350. The van der Waals surface area contributed by atoms with Gasteiger partial charge in [0.05, 0.1) is 5.56 Å². The zero-order valence-corrected chi connectivity index (χ0v) is 20.1. The van der Waals surface area contributed by atoms with E-state index in [9.17, 15) is 18.0 Å². The molecule has 4 aromatic carbocycles. The summed E-state index contributed by atoms with van der Waals surface area (Å²) >= 11 is 0. The van der Waals surface area contributed by atoms with Gasteiger partial charge < -0.3 is 10.6 Å². The van der Waals surface area contributed by atoms with Crippen molar-refractivity contribution in [2.45, 2.75) is 31.0 Å². The molecule has 3 nitrogen and oxygen atoms in total. The van der Waals surface area contributed by atoms with Crippen molar-refractivity contribution in [3.05, 3.63) is 125 Å². The van der Waals surface area contributed by atoms with Crippen LogP contribution in [0.2, 0.25) is 0 Å². The Labute approximate surface area is 214 Å². The smallest absolute Gasteiger partial charge is 0.322 e. The lowest BCUT2D eigenvalue weighted by atomic mass is 9.84. The third-order valence-electron chi connectivity index (χ3n) is 6.94. The Morgan fingerprint density at radius 2 is 1.46 bits per heavy atom. The van der Waals surface area contributed by atoms with Crippen LogP contribution in [-0.4, -0.2) is 12.5 Å².